The molecule has 4 saturated carbocycles. The van der Waals surface area contributed by atoms with Crippen molar-refractivity contribution >= 4 is 43.7 Å². The van der Waals surface area contributed by atoms with Crippen molar-refractivity contribution in [2.75, 3.05) is 0 Å². The molecule has 4 aliphatic rings. The van der Waals surface area contributed by atoms with Gasteiger partial charge in [0, 0.05) is 34.1 Å². The number of aromatic nitrogens is 1. The van der Waals surface area contributed by atoms with Gasteiger partial charge in [-0.05, 0) is 85.5 Å². The van der Waals surface area contributed by atoms with E-state index in [1.165, 1.54) is 71.1 Å². The number of rotatable bonds is 1. The first kappa shape index (κ1) is 16.9. The number of benzene rings is 3. The number of hydrogen-bond donors (Lipinski definition) is 0. The molecule has 3 aromatic carbocycles. The van der Waals surface area contributed by atoms with Crippen LogP contribution in [0.3, 0.4) is 0 Å². The van der Waals surface area contributed by atoms with Crippen molar-refractivity contribution in [2.24, 2.45) is 24.8 Å². The Morgan fingerprint density at radius 3 is 2.19 bits per heavy atom. The maximum atomic E-state index is 6.66. The average molecular weight is 406 g/mol. The van der Waals surface area contributed by atoms with Crippen molar-refractivity contribution in [3.63, 3.8) is 0 Å². The standard InChI is InChI=1S/C29H27NO/c1-30-24-8-4-2-6-20(24)22-13-23(29-14-17-10-18(15-29)12-19(11-17)16-29)26-21-7-3-5-9-25(21)31-28(26)27(22)30/h2-9,13,17-19H,10-12,14-16H2,1H3. The predicted molar refractivity (Wildman–Crippen MR) is 128 cm³/mol. The van der Waals surface area contributed by atoms with Crippen LogP contribution in [0.5, 0.6) is 0 Å². The van der Waals surface area contributed by atoms with Crippen LogP contribution in [0.25, 0.3) is 43.7 Å². The number of aryl methyl sites for hydroxylation is 1. The third kappa shape index (κ3) is 2.04. The fourth-order valence-electron chi connectivity index (χ4n) is 8.40. The molecule has 0 unspecified atom stereocenters. The summed E-state index contributed by atoms with van der Waals surface area (Å²) in [6.45, 7) is 0. The summed E-state index contributed by atoms with van der Waals surface area (Å²) >= 11 is 0. The minimum atomic E-state index is 0.338. The third-order valence-electron chi connectivity index (χ3n) is 9.12. The predicted octanol–water partition coefficient (Wildman–Crippen LogP) is 7.70. The van der Waals surface area contributed by atoms with Gasteiger partial charge in [-0.2, -0.15) is 0 Å². The molecule has 2 heterocycles. The van der Waals surface area contributed by atoms with Gasteiger partial charge in [0.1, 0.15) is 5.58 Å². The first-order chi connectivity index (χ1) is 15.2. The normalized spacial score (nSPS) is 29.8. The van der Waals surface area contributed by atoms with Crippen molar-refractivity contribution < 1.29 is 4.42 Å². The lowest BCUT2D eigenvalue weighted by Gasteiger charge is -2.57. The van der Waals surface area contributed by atoms with E-state index in [1.54, 1.807) is 5.56 Å². The molecule has 2 heteroatoms. The second kappa shape index (κ2) is 5.54. The number of nitrogens with zero attached hydrogens (tertiary/aromatic N) is 1. The van der Waals surface area contributed by atoms with Gasteiger partial charge in [0.05, 0.1) is 5.52 Å². The summed E-state index contributed by atoms with van der Waals surface area (Å²) in [6, 6.07) is 20.2. The highest BCUT2D eigenvalue weighted by Crippen LogP contribution is 2.62. The maximum absolute atomic E-state index is 6.66. The van der Waals surface area contributed by atoms with Crippen molar-refractivity contribution in [1.82, 2.24) is 4.57 Å². The van der Waals surface area contributed by atoms with Crippen LogP contribution in [0.15, 0.2) is 59.0 Å². The summed E-state index contributed by atoms with van der Waals surface area (Å²) in [5.41, 5.74) is 6.60. The van der Waals surface area contributed by atoms with Crippen LogP contribution in [0.4, 0.5) is 0 Å². The summed E-state index contributed by atoms with van der Waals surface area (Å²) < 4.78 is 9.01. The van der Waals surface area contributed by atoms with Gasteiger partial charge in [-0.15, -0.1) is 0 Å². The molecular formula is C29H27NO. The number of furan rings is 1. The van der Waals surface area contributed by atoms with Gasteiger partial charge in [0.2, 0.25) is 0 Å². The minimum Gasteiger partial charge on any atom is -0.454 e. The molecule has 0 spiro atoms. The maximum Gasteiger partial charge on any atom is 0.159 e. The van der Waals surface area contributed by atoms with Gasteiger partial charge in [-0.25, -0.2) is 0 Å². The van der Waals surface area contributed by atoms with E-state index >= 15 is 0 Å². The Bertz CT molecular complexity index is 1500. The molecule has 4 aliphatic carbocycles. The van der Waals surface area contributed by atoms with Gasteiger partial charge in [-0.1, -0.05) is 36.4 Å². The molecule has 154 valence electrons. The number of hydrogen-bond acceptors (Lipinski definition) is 1. The fourth-order valence-corrected chi connectivity index (χ4v) is 8.40. The monoisotopic (exact) mass is 405 g/mol. The first-order valence-corrected chi connectivity index (χ1v) is 12.0. The Labute approximate surface area is 181 Å². The van der Waals surface area contributed by atoms with E-state index in [9.17, 15) is 0 Å². The van der Waals surface area contributed by atoms with E-state index in [1.807, 2.05) is 0 Å². The quantitative estimate of drug-likeness (QED) is 0.279. The van der Waals surface area contributed by atoms with E-state index in [2.05, 4.69) is 66.2 Å². The molecule has 0 saturated heterocycles. The zero-order valence-corrected chi connectivity index (χ0v) is 18.0. The van der Waals surface area contributed by atoms with Gasteiger partial charge >= 0.3 is 0 Å². The first-order valence-electron chi connectivity index (χ1n) is 12.0. The highest BCUT2D eigenvalue weighted by molar-refractivity contribution is 6.22. The van der Waals surface area contributed by atoms with Crippen LogP contribution in [-0.4, -0.2) is 4.57 Å². The summed E-state index contributed by atoms with van der Waals surface area (Å²) in [5.74, 6) is 2.80. The van der Waals surface area contributed by atoms with Gasteiger partial charge in [0.25, 0.3) is 0 Å². The molecule has 0 aliphatic heterocycles. The molecule has 0 radical (unpaired) electrons. The summed E-state index contributed by atoms with van der Waals surface area (Å²) in [6.07, 6.45) is 8.57. The fraction of sp³-hybridized carbons (Fsp3) is 0.379. The molecule has 2 nitrogen and oxygen atoms in total. The van der Waals surface area contributed by atoms with Crippen molar-refractivity contribution in [1.29, 1.82) is 0 Å². The Morgan fingerprint density at radius 2 is 1.45 bits per heavy atom. The largest absolute Gasteiger partial charge is 0.454 e. The molecule has 9 rings (SSSR count). The molecule has 0 atom stereocenters. The zero-order chi connectivity index (χ0) is 20.3. The molecule has 31 heavy (non-hydrogen) atoms. The lowest BCUT2D eigenvalue weighted by atomic mass is 9.47. The van der Waals surface area contributed by atoms with E-state index in [4.69, 9.17) is 4.42 Å². The highest BCUT2D eigenvalue weighted by atomic mass is 16.3. The van der Waals surface area contributed by atoms with Crippen molar-refractivity contribution in [3.8, 4) is 0 Å². The zero-order valence-electron chi connectivity index (χ0n) is 18.0. The summed E-state index contributed by atoms with van der Waals surface area (Å²) in [4.78, 5) is 0. The van der Waals surface area contributed by atoms with Crippen molar-refractivity contribution in [2.45, 2.75) is 43.9 Å². The molecule has 5 aromatic rings. The Morgan fingerprint density at radius 1 is 0.806 bits per heavy atom. The van der Waals surface area contributed by atoms with Crippen LogP contribution in [-0.2, 0) is 12.5 Å². The SMILES string of the molecule is Cn1c2ccccc2c2cc(C34CC5CC(CC(C5)C3)C4)c3c4ccccc4oc3c21. The molecule has 2 aromatic heterocycles. The lowest BCUT2D eigenvalue weighted by Crippen LogP contribution is -2.48. The van der Waals surface area contributed by atoms with Gasteiger partial charge < -0.3 is 8.98 Å². The van der Waals surface area contributed by atoms with Crippen LogP contribution in [0.2, 0.25) is 0 Å². The molecule has 0 N–H and O–H groups in total. The minimum absolute atomic E-state index is 0.338. The molecule has 4 bridgehead atoms. The Balaban J connectivity index is 1.57. The Kier molecular flexibility index (Phi) is 3.02. The van der Waals surface area contributed by atoms with E-state index in [0.717, 1.165) is 28.9 Å². The smallest absolute Gasteiger partial charge is 0.159 e. The number of fused-ring (bicyclic) bond motifs is 7. The number of para-hydroxylation sites is 2. The van der Waals surface area contributed by atoms with Crippen molar-refractivity contribution in [3.05, 3.63) is 60.2 Å². The Hall–Kier alpha value is -2.74. The third-order valence-corrected chi connectivity index (χ3v) is 9.12. The van der Waals surface area contributed by atoms with Crippen LogP contribution in [0.1, 0.15) is 44.1 Å². The lowest BCUT2D eigenvalue weighted by molar-refractivity contribution is -0.00442. The summed E-state index contributed by atoms with van der Waals surface area (Å²) in [5, 5.41) is 5.43. The molecule has 4 fully saturated rings. The second-order valence-corrected chi connectivity index (χ2v) is 10.9. The van der Waals surface area contributed by atoms with Gasteiger partial charge in [0.15, 0.2) is 5.58 Å². The summed E-state index contributed by atoms with van der Waals surface area (Å²) in [7, 11) is 2.20. The van der Waals surface area contributed by atoms with E-state index in [-0.39, 0.29) is 0 Å². The highest BCUT2D eigenvalue weighted by Gasteiger charge is 2.52. The molecular weight excluding hydrogens is 378 g/mol. The van der Waals surface area contributed by atoms with Crippen LogP contribution < -0.4 is 0 Å². The average Bonchev–Trinajstić information content (AvgIpc) is 3.28. The van der Waals surface area contributed by atoms with E-state index in [0.29, 0.717) is 5.41 Å². The van der Waals surface area contributed by atoms with Crippen LogP contribution >= 0.6 is 0 Å². The van der Waals surface area contributed by atoms with Crippen LogP contribution in [0, 0.1) is 17.8 Å². The van der Waals surface area contributed by atoms with Gasteiger partial charge in [-0.3, -0.25) is 0 Å². The molecule has 0 amide bonds. The second-order valence-electron chi connectivity index (χ2n) is 10.9. The van der Waals surface area contributed by atoms with E-state index < -0.39 is 0 Å². The topological polar surface area (TPSA) is 18.1 Å².